The Bertz CT molecular complexity index is 577. The van der Waals surface area contributed by atoms with Crippen LogP contribution in [-0.2, 0) is 11.3 Å². The molecule has 0 saturated carbocycles. The highest BCUT2D eigenvalue weighted by atomic mass is 16.5. The second-order valence-electron chi connectivity index (χ2n) is 4.37. The van der Waals surface area contributed by atoms with Crippen molar-refractivity contribution in [2.45, 2.75) is 19.6 Å². The topological polar surface area (TPSA) is 54.1 Å². The third kappa shape index (κ3) is 2.78. The summed E-state index contributed by atoms with van der Waals surface area (Å²) in [4.78, 5) is 14.4. The molecule has 1 heterocycles. The summed E-state index contributed by atoms with van der Waals surface area (Å²) in [6.07, 6.45) is 1.95. The van der Waals surface area contributed by atoms with Crippen LogP contribution in [0.25, 0.3) is 10.8 Å². The molecule has 2 rings (SSSR count). The summed E-state index contributed by atoms with van der Waals surface area (Å²) in [5, 5.41) is 5.05. The molecular formula is C14H18N2O2. The molecule has 0 spiro atoms. The summed E-state index contributed by atoms with van der Waals surface area (Å²) in [6, 6.07) is 7.64. The maximum Gasteiger partial charge on any atom is 0.255 e. The van der Waals surface area contributed by atoms with Gasteiger partial charge in [0.15, 0.2) is 0 Å². The molecule has 0 aliphatic heterocycles. The number of ether oxygens (including phenoxy) is 1. The number of aromatic amines is 1. The first-order valence-corrected chi connectivity index (χ1v) is 6.05. The second kappa shape index (κ2) is 5.80. The Balaban J connectivity index is 2.19. The van der Waals surface area contributed by atoms with E-state index in [0.717, 1.165) is 22.9 Å². The smallest absolute Gasteiger partial charge is 0.255 e. The highest BCUT2D eigenvalue weighted by Crippen LogP contribution is 2.13. The molecule has 1 unspecified atom stereocenters. The molecule has 1 atom stereocenters. The molecule has 4 nitrogen and oxygen atoms in total. The van der Waals surface area contributed by atoms with Crippen LogP contribution in [0.3, 0.4) is 0 Å². The van der Waals surface area contributed by atoms with Gasteiger partial charge in [-0.25, -0.2) is 0 Å². The quantitative estimate of drug-likeness (QED) is 0.843. The van der Waals surface area contributed by atoms with E-state index in [0.29, 0.717) is 6.54 Å². The molecule has 0 radical (unpaired) electrons. The van der Waals surface area contributed by atoms with E-state index < -0.39 is 0 Å². The van der Waals surface area contributed by atoms with Crippen LogP contribution in [0, 0.1) is 0 Å². The summed E-state index contributed by atoms with van der Waals surface area (Å²) in [7, 11) is 1.70. The maximum absolute atomic E-state index is 11.7. The monoisotopic (exact) mass is 246 g/mol. The Morgan fingerprint density at radius 1 is 1.33 bits per heavy atom. The fraction of sp³-hybridized carbons (Fsp3) is 0.357. The van der Waals surface area contributed by atoms with Crippen molar-refractivity contribution in [3.05, 3.63) is 46.4 Å². The minimum atomic E-state index is -0.0420. The van der Waals surface area contributed by atoms with E-state index in [2.05, 4.69) is 10.3 Å². The van der Waals surface area contributed by atoms with Crippen LogP contribution in [0.2, 0.25) is 0 Å². The zero-order chi connectivity index (χ0) is 13.0. The van der Waals surface area contributed by atoms with Crippen LogP contribution in [0.15, 0.2) is 35.3 Å². The zero-order valence-corrected chi connectivity index (χ0v) is 10.7. The van der Waals surface area contributed by atoms with Gasteiger partial charge in [0.1, 0.15) is 0 Å². The first kappa shape index (κ1) is 12.8. The number of fused-ring (bicyclic) bond motifs is 1. The fourth-order valence-corrected chi connectivity index (χ4v) is 1.91. The van der Waals surface area contributed by atoms with Crippen LogP contribution >= 0.6 is 0 Å². The van der Waals surface area contributed by atoms with Crippen LogP contribution in [0.4, 0.5) is 0 Å². The molecular weight excluding hydrogens is 228 g/mol. The van der Waals surface area contributed by atoms with Crippen LogP contribution in [0.5, 0.6) is 0 Å². The number of nitrogens with one attached hydrogen (secondary N) is 2. The predicted octanol–water partition coefficient (Wildman–Crippen LogP) is 1.65. The third-order valence-corrected chi connectivity index (χ3v) is 3.04. The van der Waals surface area contributed by atoms with Gasteiger partial charge in [-0.05, 0) is 23.9 Å². The van der Waals surface area contributed by atoms with Crippen molar-refractivity contribution in [1.82, 2.24) is 10.3 Å². The number of hydrogen-bond donors (Lipinski definition) is 2. The van der Waals surface area contributed by atoms with Gasteiger partial charge >= 0.3 is 0 Å². The normalized spacial score (nSPS) is 12.8. The predicted molar refractivity (Wildman–Crippen MR) is 72.7 cm³/mol. The molecule has 0 bridgehead atoms. The molecule has 0 saturated heterocycles. The van der Waals surface area contributed by atoms with Gasteiger partial charge in [-0.3, -0.25) is 4.79 Å². The minimum Gasteiger partial charge on any atom is -0.380 e. The van der Waals surface area contributed by atoms with Gasteiger partial charge in [-0.1, -0.05) is 18.2 Å². The minimum absolute atomic E-state index is 0.0420. The first-order valence-electron chi connectivity index (χ1n) is 6.05. The maximum atomic E-state index is 11.7. The molecule has 1 aromatic carbocycles. The van der Waals surface area contributed by atoms with Gasteiger partial charge in [-0.15, -0.1) is 0 Å². The summed E-state index contributed by atoms with van der Waals surface area (Å²) < 4.78 is 5.17. The highest BCUT2D eigenvalue weighted by Gasteiger charge is 2.04. The lowest BCUT2D eigenvalue weighted by atomic mass is 10.1. The number of H-pyrrole nitrogens is 1. The zero-order valence-electron chi connectivity index (χ0n) is 10.7. The van der Waals surface area contributed by atoms with E-state index >= 15 is 0 Å². The number of pyridine rings is 1. The van der Waals surface area contributed by atoms with Crippen molar-refractivity contribution >= 4 is 10.8 Å². The van der Waals surface area contributed by atoms with E-state index in [1.165, 1.54) is 0 Å². The van der Waals surface area contributed by atoms with Crippen molar-refractivity contribution in [2.75, 3.05) is 13.7 Å². The van der Waals surface area contributed by atoms with Crippen molar-refractivity contribution in [3.63, 3.8) is 0 Å². The van der Waals surface area contributed by atoms with Crippen molar-refractivity contribution < 1.29 is 4.74 Å². The third-order valence-electron chi connectivity index (χ3n) is 3.04. The largest absolute Gasteiger partial charge is 0.380 e. The summed E-state index contributed by atoms with van der Waals surface area (Å²) in [5.41, 5.74) is 1.05. The SMILES string of the molecule is COC(C)CNCc1c[nH]c(=O)c2ccccc12. The first-order chi connectivity index (χ1) is 8.72. The molecule has 0 amide bonds. The Labute approximate surface area is 106 Å². The Morgan fingerprint density at radius 2 is 2.06 bits per heavy atom. The second-order valence-corrected chi connectivity index (χ2v) is 4.37. The van der Waals surface area contributed by atoms with E-state index in [1.54, 1.807) is 13.3 Å². The van der Waals surface area contributed by atoms with Crippen LogP contribution in [-0.4, -0.2) is 24.7 Å². The van der Waals surface area contributed by atoms with Gasteiger partial charge in [0.05, 0.1) is 6.10 Å². The van der Waals surface area contributed by atoms with E-state index in [-0.39, 0.29) is 11.7 Å². The van der Waals surface area contributed by atoms with E-state index in [9.17, 15) is 4.79 Å². The molecule has 0 fully saturated rings. The molecule has 2 aromatic rings. The van der Waals surface area contributed by atoms with Gasteiger partial charge in [0.25, 0.3) is 5.56 Å². The molecule has 18 heavy (non-hydrogen) atoms. The average molecular weight is 246 g/mol. The summed E-state index contributed by atoms with van der Waals surface area (Å²) in [6.45, 7) is 3.51. The lowest BCUT2D eigenvalue weighted by Crippen LogP contribution is -2.26. The molecule has 0 aliphatic carbocycles. The molecule has 0 aliphatic rings. The average Bonchev–Trinajstić information content (AvgIpc) is 2.41. The molecule has 1 aromatic heterocycles. The summed E-state index contributed by atoms with van der Waals surface area (Å²) in [5.74, 6) is 0. The molecule has 4 heteroatoms. The van der Waals surface area contributed by atoms with Gasteiger partial charge < -0.3 is 15.0 Å². The Morgan fingerprint density at radius 3 is 2.78 bits per heavy atom. The van der Waals surface area contributed by atoms with Crippen LogP contribution < -0.4 is 10.9 Å². The Hall–Kier alpha value is -1.65. The van der Waals surface area contributed by atoms with Gasteiger partial charge in [0, 0.05) is 31.8 Å². The molecule has 96 valence electrons. The van der Waals surface area contributed by atoms with Crippen molar-refractivity contribution in [2.24, 2.45) is 0 Å². The number of hydrogen-bond acceptors (Lipinski definition) is 3. The highest BCUT2D eigenvalue weighted by molar-refractivity contribution is 5.84. The fourth-order valence-electron chi connectivity index (χ4n) is 1.91. The molecule has 2 N–H and O–H groups in total. The van der Waals surface area contributed by atoms with Crippen LogP contribution in [0.1, 0.15) is 12.5 Å². The lowest BCUT2D eigenvalue weighted by Gasteiger charge is -2.11. The van der Waals surface area contributed by atoms with E-state index in [1.807, 2.05) is 31.2 Å². The number of methoxy groups -OCH3 is 1. The van der Waals surface area contributed by atoms with Gasteiger partial charge in [-0.2, -0.15) is 0 Å². The number of rotatable bonds is 5. The van der Waals surface area contributed by atoms with Crippen molar-refractivity contribution in [1.29, 1.82) is 0 Å². The lowest BCUT2D eigenvalue weighted by molar-refractivity contribution is 0.117. The number of aromatic nitrogens is 1. The van der Waals surface area contributed by atoms with Crippen molar-refractivity contribution in [3.8, 4) is 0 Å². The summed E-state index contributed by atoms with van der Waals surface area (Å²) >= 11 is 0. The van der Waals surface area contributed by atoms with E-state index in [4.69, 9.17) is 4.74 Å². The standard InChI is InChI=1S/C14H18N2O2/c1-10(18-2)7-15-8-11-9-16-14(17)13-6-4-3-5-12(11)13/h3-6,9-10,15H,7-8H2,1-2H3,(H,16,17). The van der Waals surface area contributed by atoms with Gasteiger partial charge in [0.2, 0.25) is 0 Å². The number of benzene rings is 1. The Kier molecular flexibility index (Phi) is 4.12.